The van der Waals surface area contributed by atoms with Gasteiger partial charge in [-0.1, -0.05) is 374 Å². The van der Waals surface area contributed by atoms with Gasteiger partial charge in [-0.25, -0.2) is 4.57 Å². The number of carbonyl (C=O) groups excluding carboxylic acids is 2. The van der Waals surface area contributed by atoms with Crippen molar-refractivity contribution in [3.8, 4) is 0 Å². The Labute approximate surface area is 652 Å². The molecular formula is C96H157NO8P+. The highest BCUT2D eigenvalue weighted by atomic mass is 31.2. The van der Waals surface area contributed by atoms with E-state index in [0.717, 1.165) is 154 Å². The van der Waals surface area contributed by atoms with Crippen molar-refractivity contribution in [1.29, 1.82) is 0 Å². The first kappa shape index (κ1) is 100. The lowest BCUT2D eigenvalue weighted by atomic mass is 10.0. The number of phosphoric acid groups is 1. The minimum absolute atomic E-state index is 0.0229. The van der Waals surface area contributed by atoms with Gasteiger partial charge in [0, 0.05) is 12.8 Å². The molecule has 0 radical (unpaired) electrons. The molecule has 598 valence electrons. The van der Waals surface area contributed by atoms with Gasteiger partial charge in [0.2, 0.25) is 0 Å². The minimum Gasteiger partial charge on any atom is -0.462 e. The molecule has 106 heavy (non-hydrogen) atoms. The zero-order chi connectivity index (χ0) is 76.8. The van der Waals surface area contributed by atoms with Crippen molar-refractivity contribution >= 4 is 19.8 Å². The Morgan fingerprint density at radius 2 is 0.509 bits per heavy atom. The summed E-state index contributed by atoms with van der Waals surface area (Å²) in [5, 5.41) is 0. The van der Waals surface area contributed by atoms with E-state index in [9.17, 15) is 19.0 Å². The molecule has 0 spiro atoms. The maximum absolute atomic E-state index is 12.9. The Hall–Kier alpha value is -5.67. The van der Waals surface area contributed by atoms with E-state index in [1.807, 2.05) is 21.1 Å². The topological polar surface area (TPSA) is 108 Å². The predicted molar refractivity (Wildman–Crippen MR) is 463 cm³/mol. The van der Waals surface area contributed by atoms with E-state index in [1.165, 1.54) is 135 Å². The molecule has 0 bridgehead atoms. The van der Waals surface area contributed by atoms with Gasteiger partial charge in [-0.3, -0.25) is 18.6 Å². The Balaban J connectivity index is 4.03. The lowest BCUT2D eigenvalue weighted by molar-refractivity contribution is -0.870. The number of ether oxygens (including phenoxy) is 2. The number of rotatable bonds is 76. The lowest BCUT2D eigenvalue weighted by Gasteiger charge is -2.24. The van der Waals surface area contributed by atoms with Gasteiger partial charge in [-0.2, -0.15) is 0 Å². The number of hydrogen-bond donors (Lipinski definition) is 1. The van der Waals surface area contributed by atoms with Crippen molar-refractivity contribution in [2.24, 2.45) is 0 Å². The zero-order valence-electron chi connectivity index (χ0n) is 68.3. The molecule has 0 saturated heterocycles. The SMILES string of the molecule is CC/C=C\C/C=C\C/C=C\C/C=C\C/C=C\C/C=C\C/C=C\C/C=C\C/C=C\CCCCCCCCCCCCCCCC(=O)OCC(COP(=O)(O)OCC[N+](C)(C)C)OC(=O)CCCCCCCCCCCCCCC/C=C\C/C=C\C/C=C\C/C=C\C/C=C\C/C=C\C/C=C\C/C=C\C/C=C\CC. The van der Waals surface area contributed by atoms with Crippen LogP contribution in [-0.4, -0.2) is 74.9 Å². The van der Waals surface area contributed by atoms with Gasteiger partial charge in [-0.15, -0.1) is 0 Å². The Kier molecular flexibility index (Phi) is 78.9. The summed E-state index contributed by atoms with van der Waals surface area (Å²) < 4.78 is 34.9. The Morgan fingerprint density at radius 1 is 0.292 bits per heavy atom. The molecule has 0 aliphatic carbocycles. The van der Waals surface area contributed by atoms with Gasteiger partial charge in [0.15, 0.2) is 6.10 Å². The molecule has 9 nitrogen and oxygen atoms in total. The molecule has 0 aromatic rings. The standard InChI is InChI=1S/C96H156NO8P/c1-6-8-10-12-14-16-18-20-22-24-26-28-30-32-34-36-38-40-42-44-46-48-50-52-54-56-58-60-62-64-66-68-70-72-74-76-78-80-82-84-86-88-95(98)102-92-94(93-104-106(100,101)103-91-90-97(3,4)5)105-96(99)89-87-85-83-81-79-77-75-73-71-69-67-65-63-61-59-57-55-53-51-49-47-45-43-41-39-37-35-33-31-29-27-25-23-21-19-17-15-13-11-9-7-2/h8-11,14-17,20-23,26-29,32-35,38-41,44-47,50-53,56-59,94H,6-7,12-13,18-19,24-25,30-31,36-37,42-43,48-49,54-55,60-93H2,1-5H3/p+1/b10-8-,11-9-,16-14-,17-15-,22-20-,23-21-,28-26-,29-27-,34-32-,35-33-,40-38-,41-39-,46-44-,47-45-,52-50-,53-51-,58-56-,59-57-. The number of hydrogen-bond acceptors (Lipinski definition) is 7. The fourth-order valence-electron chi connectivity index (χ4n) is 11.1. The van der Waals surface area contributed by atoms with Crippen molar-refractivity contribution in [2.45, 2.75) is 328 Å². The summed E-state index contributed by atoms with van der Waals surface area (Å²) in [6, 6.07) is 0. The molecule has 2 unspecified atom stereocenters. The van der Waals surface area contributed by atoms with Gasteiger partial charge < -0.3 is 18.9 Å². The van der Waals surface area contributed by atoms with Crippen LogP contribution in [0.1, 0.15) is 322 Å². The van der Waals surface area contributed by atoms with Crippen LogP contribution in [0.25, 0.3) is 0 Å². The van der Waals surface area contributed by atoms with E-state index < -0.39 is 26.5 Å². The minimum atomic E-state index is -4.41. The number of allylic oxidation sites excluding steroid dienone is 36. The van der Waals surface area contributed by atoms with E-state index in [-0.39, 0.29) is 32.0 Å². The fraction of sp³-hybridized carbons (Fsp3) is 0.604. The van der Waals surface area contributed by atoms with E-state index in [0.29, 0.717) is 17.4 Å². The normalized spacial score (nSPS) is 14.1. The van der Waals surface area contributed by atoms with Crippen LogP contribution < -0.4 is 0 Å². The molecule has 0 aliphatic heterocycles. The number of likely N-dealkylation sites (N-methyl/N-ethyl adjacent to an activating group) is 1. The van der Waals surface area contributed by atoms with Gasteiger partial charge in [0.1, 0.15) is 19.8 Å². The van der Waals surface area contributed by atoms with E-state index >= 15 is 0 Å². The van der Waals surface area contributed by atoms with Crippen LogP contribution in [0.3, 0.4) is 0 Å². The van der Waals surface area contributed by atoms with Crippen LogP contribution in [-0.2, 0) is 32.7 Å². The quantitative estimate of drug-likeness (QED) is 0.0211. The molecule has 0 fully saturated rings. The van der Waals surface area contributed by atoms with Crippen molar-refractivity contribution in [3.05, 3.63) is 219 Å². The van der Waals surface area contributed by atoms with Crippen LogP contribution >= 0.6 is 7.82 Å². The first-order valence-corrected chi connectivity index (χ1v) is 44.0. The number of unbranched alkanes of at least 4 members (excludes halogenated alkanes) is 26. The highest BCUT2D eigenvalue weighted by molar-refractivity contribution is 7.47. The van der Waals surface area contributed by atoms with Crippen LogP contribution in [0.4, 0.5) is 0 Å². The van der Waals surface area contributed by atoms with Crippen molar-refractivity contribution in [1.82, 2.24) is 0 Å². The number of esters is 2. The summed E-state index contributed by atoms with van der Waals surface area (Å²) >= 11 is 0. The number of nitrogens with zero attached hydrogens (tertiary/aromatic N) is 1. The molecular weight excluding hydrogens is 1330 g/mol. The summed E-state index contributed by atoms with van der Waals surface area (Å²) in [5.41, 5.74) is 0. The molecule has 10 heteroatoms. The summed E-state index contributed by atoms with van der Waals surface area (Å²) in [6.07, 6.45) is 132. The monoisotopic (exact) mass is 1480 g/mol. The molecule has 0 aliphatic rings. The summed E-state index contributed by atoms with van der Waals surface area (Å²) in [5.74, 6) is -0.804. The smallest absolute Gasteiger partial charge is 0.462 e. The van der Waals surface area contributed by atoms with Gasteiger partial charge in [0.25, 0.3) is 0 Å². The van der Waals surface area contributed by atoms with Gasteiger partial charge >= 0.3 is 19.8 Å². The van der Waals surface area contributed by atoms with Gasteiger partial charge in [0.05, 0.1) is 27.7 Å². The average molecular weight is 1480 g/mol. The third-order valence-electron chi connectivity index (χ3n) is 17.5. The Morgan fingerprint density at radius 3 is 0.755 bits per heavy atom. The largest absolute Gasteiger partial charge is 0.472 e. The fourth-order valence-corrected chi connectivity index (χ4v) is 11.9. The number of carbonyl (C=O) groups is 2. The molecule has 0 heterocycles. The lowest BCUT2D eigenvalue weighted by Crippen LogP contribution is -2.37. The van der Waals surface area contributed by atoms with E-state index in [1.54, 1.807) is 0 Å². The maximum atomic E-state index is 12.9. The second kappa shape index (κ2) is 83.4. The van der Waals surface area contributed by atoms with E-state index in [4.69, 9.17) is 18.5 Å². The maximum Gasteiger partial charge on any atom is 0.472 e. The van der Waals surface area contributed by atoms with Gasteiger partial charge in [-0.05, 0) is 154 Å². The third kappa shape index (κ3) is 87.2. The molecule has 0 amide bonds. The van der Waals surface area contributed by atoms with Crippen LogP contribution in [0.5, 0.6) is 0 Å². The zero-order valence-corrected chi connectivity index (χ0v) is 69.2. The molecule has 0 aromatic heterocycles. The number of quaternary nitrogens is 1. The first-order chi connectivity index (χ1) is 52.0. The molecule has 2 atom stereocenters. The molecule has 1 N–H and O–H groups in total. The molecule has 0 aromatic carbocycles. The van der Waals surface area contributed by atoms with Crippen LogP contribution in [0.2, 0.25) is 0 Å². The summed E-state index contributed by atoms with van der Waals surface area (Å²) in [4.78, 5) is 36.0. The highest BCUT2D eigenvalue weighted by Crippen LogP contribution is 2.43. The summed E-state index contributed by atoms with van der Waals surface area (Å²) in [7, 11) is 1.46. The second-order valence-electron chi connectivity index (χ2n) is 28.7. The predicted octanol–water partition coefficient (Wildman–Crippen LogP) is 29.1. The number of phosphoric ester groups is 1. The third-order valence-corrected chi connectivity index (χ3v) is 18.5. The van der Waals surface area contributed by atoms with E-state index in [2.05, 4.69) is 233 Å². The molecule has 0 saturated carbocycles. The molecule has 0 rings (SSSR count). The van der Waals surface area contributed by atoms with Crippen molar-refractivity contribution in [3.63, 3.8) is 0 Å². The van der Waals surface area contributed by atoms with Crippen LogP contribution in [0.15, 0.2) is 219 Å². The summed E-state index contributed by atoms with van der Waals surface area (Å²) in [6.45, 7) is 4.20. The Bertz CT molecular complexity index is 2610. The first-order valence-electron chi connectivity index (χ1n) is 42.5. The highest BCUT2D eigenvalue weighted by Gasteiger charge is 2.27. The van der Waals surface area contributed by atoms with Crippen molar-refractivity contribution in [2.75, 3.05) is 47.5 Å². The average Bonchev–Trinajstić information content (AvgIpc) is 0.951. The van der Waals surface area contributed by atoms with Crippen molar-refractivity contribution < 1.29 is 42.1 Å². The van der Waals surface area contributed by atoms with Crippen LogP contribution in [0, 0.1) is 0 Å². The second-order valence-corrected chi connectivity index (χ2v) is 30.2.